The van der Waals surface area contributed by atoms with E-state index in [1.54, 1.807) is 30.3 Å². The molecule has 0 fully saturated rings. The minimum absolute atomic E-state index is 0.150. The van der Waals surface area contributed by atoms with Gasteiger partial charge in [0.05, 0.1) is 19.9 Å². The van der Waals surface area contributed by atoms with Gasteiger partial charge in [-0.05, 0) is 42.5 Å². The Morgan fingerprint density at radius 3 is 2.50 bits per heavy atom. The van der Waals surface area contributed by atoms with Crippen LogP contribution in [-0.2, 0) is 0 Å². The molecule has 0 aliphatic rings. The summed E-state index contributed by atoms with van der Waals surface area (Å²) in [5, 5.41) is 8.82. The number of benzene rings is 2. The first kappa shape index (κ1) is 20.1. The van der Waals surface area contributed by atoms with E-state index in [1.807, 2.05) is 17.5 Å². The highest BCUT2D eigenvalue weighted by Gasteiger charge is 2.13. The minimum Gasteiger partial charge on any atom is -0.493 e. The third-order valence-electron chi connectivity index (χ3n) is 3.74. The van der Waals surface area contributed by atoms with E-state index >= 15 is 0 Å². The smallest absolute Gasteiger partial charge is 0.257 e. The summed E-state index contributed by atoms with van der Waals surface area (Å²) in [6.45, 7) is 0. The van der Waals surface area contributed by atoms with Gasteiger partial charge in [0.15, 0.2) is 21.7 Å². The number of halogens is 1. The van der Waals surface area contributed by atoms with E-state index in [0.717, 1.165) is 11.3 Å². The average Bonchev–Trinajstić information content (AvgIpc) is 3.16. The predicted octanol–water partition coefficient (Wildman–Crippen LogP) is 4.61. The van der Waals surface area contributed by atoms with Gasteiger partial charge >= 0.3 is 0 Å². The van der Waals surface area contributed by atoms with Crippen LogP contribution in [0.1, 0.15) is 10.4 Å². The second-order valence-electron chi connectivity index (χ2n) is 5.52. The summed E-state index contributed by atoms with van der Waals surface area (Å²) >= 11 is 12.5. The van der Waals surface area contributed by atoms with Gasteiger partial charge in [0.25, 0.3) is 5.91 Å². The highest BCUT2D eigenvalue weighted by atomic mass is 35.5. The number of nitrogens with one attached hydrogen (secondary N) is 2. The van der Waals surface area contributed by atoms with E-state index in [1.165, 1.54) is 25.6 Å². The third-order valence-corrected chi connectivity index (χ3v) is 4.95. The predicted molar refractivity (Wildman–Crippen MR) is 116 cm³/mol. The van der Waals surface area contributed by atoms with Gasteiger partial charge in [-0.15, -0.1) is 11.3 Å². The van der Waals surface area contributed by atoms with E-state index in [9.17, 15) is 4.79 Å². The molecule has 28 heavy (non-hydrogen) atoms. The van der Waals surface area contributed by atoms with Crippen molar-refractivity contribution in [3.05, 3.63) is 58.4 Å². The van der Waals surface area contributed by atoms with Crippen LogP contribution in [0, 0.1) is 0 Å². The number of amides is 1. The fourth-order valence-corrected chi connectivity index (χ4v) is 3.47. The fourth-order valence-electron chi connectivity index (χ4n) is 2.37. The zero-order valence-corrected chi connectivity index (χ0v) is 17.4. The molecule has 1 heterocycles. The molecule has 0 atom stereocenters. The zero-order valence-electron chi connectivity index (χ0n) is 15.0. The lowest BCUT2D eigenvalue weighted by atomic mass is 10.2. The largest absolute Gasteiger partial charge is 0.493 e. The molecule has 0 spiro atoms. The van der Waals surface area contributed by atoms with Gasteiger partial charge < -0.3 is 14.8 Å². The summed E-state index contributed by atoms with van der Waals surface area (Å²) in [7, 11) is 3.04. The lowest BCUT2D eigenvalue weighted by Crippen LogP contribution is -2.34. The average molecular weight is 434 g/mol. The lowest BCUT2D eigenvalue weighted by Gasteiger charge is -2.10. The first-order valence-corrected chi connectivity index (χ1v) is 9.72. The molecule has 3 aromatic rings. The monoisotopic (exact) mass is 433 g/mol. The number of methoxy groups -OCH3 is 2. The van der Waals surface area contributed by atoms with Crippen LogP contribution in [0.2, 0.25) is 5.02 Å². The molecule has 0 saturated heterocycles. The summed E-state index contributed by atoms with van der Waals surface area (Å²) in [5.74, 6) is 0.631. The molecule has 2 aromatic carbocycles. The van der Waals surface area contributed by atoms with Crippen molar-refractivity contribution >= 4 is 51.3 Å². The quantitative estimate of drug-likeness (QED) is 0.572. The summed E-state index contributed by atoms with van der Waals surface area (Å²) in [4.78, 5) is 16.9. The fraction of sp³-hybridized carbons (Fsp3) is 0.105. The standard InChI is InChI=1S/C19H16ClN3O3S2/c1-25-15-8-5-12(9-16(15)26-2)17(24)22-18(27)23-19-21-14(10-28-19)11-3-6-13(20)7-4-11/h3-10H,1-2H3,(H2,21,22,23,24,27). The second-order valence-corrected chi connectivity index (χ2v) is 7.23. The number of carbonyl (C=O) groups is 1. The molecule has 0 unspecified atom stereocenters. The van der Waals surface area contributed by atoms with E-state index in [-0.39, 0.29) is 11.0 Å². The number of rotatable bonds is 5. The molecule has 0 aliphatic carbocycles. The van der Waals surface area contributed by atoms with E-state index < -0.39 is 0 Å². The van der Waals surface area contributed by atoms with Crippen LogP contribution in [0.25, 0.3) is 11.3 Å². The maximum Gasteiger partial charge on any atom is 0.257 e. The summed E-state index contributed by atoms with van der Waals surface area (Å²) in [5.41, 5.74) is 2.12. The Morgan fingerprint density at radius 1 is 1.11 bits per heavy atom. The molecule has 0 aliphatic heterocycles. The van der Waals surface area contributed by atoms with Crippen LogP contribution in [0.3, 0.4) is 0 Å². The first-order chi connectivity index (χ1) is 13.5. The highest BCUT2D eigenvalue weighted by molar-refractivity contribution is 7.80. The van der Waals surface area contributed by atoms with Crippen molar-refractivity contribution in [1.82, 2.24) is 10.3 Å². The molecule has 144 valence electrons. The number of hydrogen-bond donors (Lipinski definition) is 2. The highest BCUT2D eigenvalue weighted by Crippen LogP contribution is 2.28. The molecule has 0 radical (unpaired) electrons. The Balaban J connectivity index is 1.64. The van der Waals surface area contributed by atoms with Crippen molar-refractivity contribution < 1.29 is 14.3 Å². The number of nitrogens with zero attached hydrogens (tertiary/aromatic N) is 1. The number of thiazole rings is 1. The van der Waals surface area contributed by atoms with Gasteiger partial charge in [0.1, 0.15) is 0 Å². The molecular formula is C19H16ClN3O3S2. The molecule has 9 heteroatoms. The van der Waals surface area contributed by atoms with Crippen LogP contribution in [0.4, 0.5) is 5.13 Å². The van der Waals surface area contributed by atoms with Crippen molar-refractivity contribution in [3.63, 3.8) is 0 Å². The van der Waals surface area contributed by atoms with Crippen molar-refractivity contribution in [2.24, 2.45) is 0 Å². The zero-order chi connectivity index (χ0) is 20.1. The number of ether oxygens (including phenoxy) is 2. The molecule has 6 nitrogen and oxygen atoms in total. The number of thiocarbonyl (C=S) groups is 1. The van der Waals surface area contributed by atoms with E-state index in [4.69, 9.17) is 33.3 Å². The van der Waals surface area contributed by atoms with Gasteiger partial charge in [-0.25, -0.2) is 4.98 Å². The molecule has 3 rings (SSSR count). The Hall–Kier alpha value is -2.68. The normalized spacial score (nSPS) is 10.2. The molecule has 0 bridgehead atoms. The van der Waals surface area contributed by atoms with Gasteiger partial charge in [0, 0.05) is 21.5 Å². The number of aromatic nitrogens is 1. The Morgan fingerprint density at radius 2 is 1.82 bits per heavy atom. The molecular weight excluding hydrogens is 418 g/mol. The van der Waals surface area contributed by atoms with Crippen LogP contribution in [-0.4, -0.2) is 30.2 Å². The van der Waals surface area contributed by atoms with Crippen molar-refractivity contribution in [2.75, 3.05) is 19.5 Å². The van der Waals surface area contributed by atoms with Crippen LogP contribution >= 0.6 is 35.2 Å². The first-order valence-electron chi connectivity index (χ1n) is 8.06. The van der Waals surface area contributed by atoms with E-state index in [0.29, 0.717) is 27.2 Å². The van der Waals surface area contributed by atoms with Gasteiger partial charge in [0.2, 0.25) is 0 Å². The number of hydrogen-bond acceptors (Lipinski definition) is 6. The Bertz CT molecular complexity index is 1010. The van der Waals surface area contributed by atoms with Crippen molar-refractivity contribution in [3.8, 4) is 22.8 Å². The van der Waals surface area contributed by atoms with Crippen LogP contribution < -0.4 is 20.1 Å². The van der Waals surface area contributed by atoms with E-state index in [2.05, 4.69) is 15.6 Å². The minimum atomic E-state index is -0.368. The molecule has 1 aromatic heterocycles. The van der Waals surface area contributed by atoms with Gasteiger partial charge in [-0.1, -0.05) is 23.7 Å². The number of carbonyl (C=O) groups excluding carboxylic acids is 1. The van der Waals surface area contributed by atoms with Crippen LogP contribution in [0.15, 0.2) is 47.8 Å². The molecule has 0 saturated carbocycles. The Kier molecular flexibility index (Phi) is 6.45. The SMILES string of the molecule is COc1ccc(C(=O)NC(=S)Nc2nc(-c3ccc(Cl)cc3)cs2)cc1OC. The maximum atomic E-state index is 12.4. The Labute approximate surface area is 176 Å². The molecule has 1 amide bonds. The third kappa shape index (κ3) is 4.78. The second kappa shape index (κ2) is 9.01. The lowest BCUT2D eigenvalue weighted by molar-refractivity contribution is 0.0977. The van der Waals surface area contributed by atoms with Crippen molar-refractivity contribution in [2.45, 2.75) is 0 Å². The summed E-state index contributed by atoms with van der Waals surface area (Å²) in [6, 6.07) is 12.2. The number of anilines is 1. The molecule has 2 N–H and O–H groups in total. The van der Waals surface area contributed by atoms with Crippen LogP contribution in [0.5, 0.6) is 11.5 Å². The summed E-state index contributed by atoms with van der Waals surface area (Å²) < 4.78 is 10.4. The topological polar surface area (TPSA) is 72.5 Å². The summed E-state index contributed by atoms with van der Waals surface area (Å²) in [6.07, 6.45) is 0. The maximum absolute atomic E-state index is 12.4. The van der Waals surface area contributed by atoms with Crippen molar-refractivity contribution in [1.29, 1.82) is 0 Å². The van der Waals surface area contributed by atoms with Gasteiger partial charge in [-0.2, -0.15) is 0 Å². The van der Waals surface area contributed by atoms with Gasteiger partial charge in [-0.3, -0.25) is 10.1 Å².